The highest BCUT2D eigenvalue weighted by atomic mass is 16.5. The molecule has 0 aromatic rings. The minimum Gasteiger partial charge on any atom is -0.379 e. The summed E-state index contributed by atoms with van der Waals surface area (Å²) in [4.78, 5) is 11.4. The molecule has 0 aromatic carbocycles. The molecule has 0 radical (unpaired) electrons. The molecular formula is C20H40O4. The summed E-state index contributed by atoms with van der Waals surface area (Å²) in [5.41, 5.74) is 0. The molecule has 24 heavy (non-hydrogen) atoms. The molecule has 0 bridgehead atoms. The van der Waals surface area contributed by atoms with Crippen molar-refractivity contribution in [3.8, 4) is 0 Å². The number of ether oxygens (including phenoxy) is 3. The standard InChI is InChI=1S/C20H40O4/c1-18(2)10-7-5-6-8-12-22-14-16-24-17-15-23-13-9-11-20(21)19(3)4/h18-19H,5-17H2,1-4H3. The van der Waals surface area contributed by atoms with E-state index in [9.17, 15) is 4.79 Å². The fourth-order valence-electron chi connectivity index (χ4n) is 2.29. The topological polar surface area (TPSA) is 44.8 Å². The van der Waals surface area contributed by atoms with E-state index >= 15 is 0 Å². The molecule has 0 N–H and O–H groups in total. The van der Waals surface area contributed by atoms with Crippen molar-refractivity contribution in [1.29, 1.82) is 0 Å². The summed E-state index contributed by atoms with van der Waals surface area (Å²) in [5.74, 6) is 1.27. The Labute approximate surface area is 149 Å². The van der Waals surface area contributed by atoms with E-state index in [2.05, 4.69) is 13.8 Å². The zero-order valence-corrected chi connectivity index (χ0v) is 16.5. The molecule has 0 spiro atoms. The van der Waals surface area contributed by atoms with Crippen LogP contribution in [-0.2, 0) is 19.0 Å². The van der Waals surface area contributed by atoms with Gasteiger partial charge in [0.1, 0.15) is 5.78 Å². The Morgan fingerprint density at radius 3 is 1.71 bits per heavy atom. The summed E-state index contributed by atoms with van der Waals surface area (Å²) < 4.78 is 16.5. The van der Waals surface area contributed by atoms with Crippen molar-refractivity contribution in [3.63, 3.8) is 0 Å². The predicted molar refractivity (Wildman–Crippen MR) is 99.5 cm³/mol. The number of ketones is 1. The van der Waals surface area contributed by atoms with E-state index < -0.39 is 0 Å². The van der Waals surface area contributed by atoms with Gasteiger partial charge in [0.2, 0.25) is 0 Å². The van der Waals surface area contributed by atoms with E-state index in [4.69, 9.17) is 14.2 Å². The van der Waals surface area contributed by atoms with Gasteiger partial charge < -0.3 is 14.2 Å². The van der Waals surface area contributed by atoms with Gasteiger partial charge in [0.25, 0.3) is 0 Å². The summed E-state index contributed by atoms with van der Waals surface area (Å²) in [6, 6.07) is 0. The molecule has 0 saturated carbocycles. The second kappa shape index (κ2) is 17.4. The van der Waals surface area contributed by atoms with Crippen LogP contribution >= 0.6 is 0 Å². The zero-order chi connectivity index (χ0) is 18.0. The van der Waals surface area contributed by atoms with Gasteiger partial charge in [-0.3, -0.25) is 4.79 Å². The van der Waals surface area contributed by atoms with Crippen molar-refractivity contribution in [1.82, 2.24) is 0 Å². The number of carbonyl (C=O) groups is 1. The maximum Gasteiger partial charge on any atom is 0.135 e. The summed E-state index contributed by atoms with van der Waals surface area (Å²) >= 11 is 0. The number of hydrogen-bond donors (Lipinski definition) is 0. The number of rotatable bonds is 18. The summed E-state index contributed by atoms with van der Waals surface area (Å²) in [7, 11) is 0. The Kier molecular flexibility index (Phi) is 17.0. The van der Waals surface area contributed by atoms with Crippen molar-refractivity contribution in [2.45, 2.75) is 72.6 Å². The average Bonchev–Trinajstić information content (AvgIpc) is 2.53. The molecule has 0 aromatic heterocycles. The van der Waals surface area contributed by atoms with Gasteiger partial charge in [-0.25, -0.2) is 0 Å². The van der Waals surface area contributed by atoms with Crippen molar-refractivity contribution < 1.29 is 19.0 Å². The lowest BCUT2D eigenvalue weighted by atomic mass is 10.0. The monoisotopic (exact) mass is 344 g/mol. The van der Waals surface area contributed by atoms with Gasteiger partial charge in [-0.2, -0.15) is 0 Å². The lowest BCUT2D eigenvalue weighted by molar-refractivity contribution is -0.122. The minimum absolute atomic E-state index is 0.133. The third-order valence-electron chi connectivity index (χ3n) is 3.92. The number of Topliss-reactive ketones (excluding diaryl/α,β-unsaturated/α-hetero) is 1. The summed E-state index contributed by atoms with van der Waals surface area (Å²) in [5, 5.41) is 0. The molecule has 0 fully saturated rings. The lowest BCUT2D eigenvalue weighted by Gasteiger charge is -2.07. The highest BCUT2D eigenvalue weighted by Crippen LogP contribution is 2.09. The molecular weight excluding hydrogens is 304 g/mol. The summed E-state index contributed by atoms with van der Waals surface area (Å²) in [6.45, 7) is 12.4. The van der Waals surface area contributed by atoms with E-state index in [1.165, 1.54) is 25.7 Å². The number of unbranched alkanes of at least 4 members (excludes halogenated alkanes) is 3. The lowest BCUT2D eigenvalue weighted by Crippen LogP contribution is -2.11. The fraction of sp³-hybridized carbons (Fsp3) is 0.950. The normalized spacial score (nSPS) is 11.6. The van der Waals surface area contributed by atoms with E-state index in [-0.39, 0.29) is 5.92 Å². The first kappa shape index (κ1) is 23.5. The van der Waals surface area contributed by atoms with Crippen LogP contribution in [0.5, 0.6) is 0 Å². The van der Waals surface area contributed by atoms with Gasteiger partial charge in [-0.15, -0.1) is 0 Å². The predicted octanol–water partition coefficient (Wildman–Crippen LogP) is 4.65. The smallest absolute Gasteiger partial charge is 0.135 e. The van der Waals surface area contributed by atoms with E-state index in [1.54, 1.807) is 0 Å². The van der Waals surface area contributed by atoms with Crippen molar-refractivity contribution in [3.05, 3.63) is 0 Å². The van der Waals surface area contributed by atoms with Crippen LogP contribution in [0.1, 0.15) is 72.6 Å². The molecule has 0 aliphatic rings. The van der Waals surface area contributed by atoms with Crippen LogP contribution in [0.2, 0.25) is 0 Å². The molecule has 4 nitrogen and oxygen atoms in total. The number of hydrogen-bond acceptors (Lipinski definition) is 4. The van der Waals surface area contributed by atoms with Crippen molar-refractivity contribution in [2.24, 2.45) is 11.8 Å². The third-order valence-corrected chi connectivity index (χ3v) is 3.92. The highest BCUT2D eigenvalue weighted by Gasteiger charge is 2.05. The fourth-order valence-corrected chi connectivity index (χ4v) is 2.29. The molecule has 0 rings (SSSR count). The maximum absolute atomic E-state index is 11.4. The van der Waals surface area contributed by atoms with Crippen LogP contribution in [-0.4, -0.2) is 45.4 Å². The van der Waals surface area contributed by atoms with Gasteiger partial charge in [-0.1, -0.05) is 53.4 Å². The van der Waals surface area contributed by atoms with E-state index in [0.717, 1.165) is 25.4 Å². The Morgan fingerprint density at radius 1 is 0.667 bits per heavy atom. The van der Waals surface area contributed by atoms with Gasteiger partial charge in [0, 0.05) is 25.6 Å². The average molecular weight is 345 g/mol. The van der Waals surface area contributed by atoms with Crippen molar-refractivity contribution >= 4 is 5.78 Å². The Morgan fingerprint density at radius 2 is 1.17 bits per heavy atom. The summed E-state index contributed by atoms with van der Waals surface area (Å²) in [6.07, 6.45) is 7.83. The van der Waals surface area contributed by atoms with Crippen LogP contribution in [0.25, 0.3) is 0 Å². The molecule has 144 valence electrons. The SMILES string of the molecule is CC(C)CCCCCCOCCOCCOCCCC(=O)C(C)C. The molecule has 0 atom stereocenters. The van der Waals surface area contributed by atoms with Crippen LogP contribution in [0.3, 0.4) is 0 Å². The second-order valence-corrected chi connectivity index (χ2v) is 7.16. The second-order valence-electron chi connectivity index (χ2n) is 7.16. The van der Waals surface area contributed by atoms with Gasteiger partial charge in [0.05, 0.1) is 26.4 Å². The van der Waals surface area contributed by atoms with Gasteiger partial charge >= 0.3 is 0 Å². The largest absolute Gasteiger partial charge is 0.379 e. The Balaban J connectivity index is 3.06. The Hall–Kier alpha value is -0.450. The van der Waals surface area contributed by atoms with E-state index in [0.29, 0.717) is 45.2 Å². The van der Waals surface area contributed by atoms with E-state index in [1.807, 2.05) is 13.8 Å². The van der Waals surface area contributed by atoms with Crippen LogP contribution in [0, 0.1) is 11.8 Å². The zero-order valence-electron chi connectivity index (χ0n) is 16.5. The third kappa shape index (κ3) is 17.9. The van der Waals surface area contributed by atoms with Crippen molar-refractivity contribution in [2.75, 3.05) is 39.6 Å². The molecule has 0 aliphatic carbocycles. The van der Waals surface area contributed by atoms with Crippen LogP contribution < -0.4 is 0 Å². The first-order valence-corrected chi connectivity index (χ1v) is 9.80. The molecule has 0 aliphatic heterocycles. The minimum atomic E-state index is 0.133. The molecule has 0 heterocycles. The maximum atomic E-state index is 11.4. The molecule has 0 saturated heterocycles. The van der Waals surface area contributed by atoms with Gasteiger partial charge in [0.15, 0.2) is 0 Å². The molecule has 0 unspecified atom stereocenters. The molecule has 0 amide bonds. The molecule has 4 heteroatoms. The van der Waals surface area contributed by atoms with Crippen LogP contribution in [0.15, 0.2) is 0 Å². The number of carbonyl (C=O) groups excluding carboxylic acids is 1. The van der Waals surface area contributed by atoms with Crippen LogP contribution in [0.4, 0.5) is 0 Å². The Bertz CT molecular complexity index is 277. The first-order valence-electron chi connectivity index (χ1n) is 9.80. The first-order chi connectivity index (χ1) is 11.5. The highest BCUT2D eigenvalue weighted by molar-refractivity contribution is 5.80. The quantitative estimate of drug-likeness (QED) is 0.340. The van der Waals surface area contributed by atoms with Gasteiger partial charge in [-0.05, 0) is 18.8 Å².